The highest BCUT2D eigenvalue weighted by Gasteiger charge is 2.23. The van der Waals surface area contributed by atoms with Crippen molar-refractivity contribution in [1.82, 2.24) is 15.3 Å². The van der Waals surface area contributed by atoms with Crippen molar-refractivity contribution in [3.8, 4) is 0 Å². The second-order valence-electron chi connectivity index (χ2n) is 5.33. The monoisotopic (exact) mass is 248 g/mol. The minimum Gasteiger partial charge on any atom is -0.352 e. The quantitative estimate of drug-likeness (QED) is 0.887. The van der Waals surface area contributed by atoms with Crippen LogP contribution in [0.4, 0.5) is 5.82 Å². The lowest BCUT2D eigenvalue weighted by molar-refractivity contribution is 0.388. The molecule has 0 radical (unpaired) electrons. The van der Waals surface area contributed by atoms with Crippen LogP contribution in [0, 0.1) is 5.92 Å². The molecular formula is C14H24N4. The molecule has 2 heterocycles. The number of anilines is 1. The van der Waals surface area contributed by atoms with Crippen molar-refractivity contribution in [2.24, 2.45) is 5.92 Å². The fourth-order valence-corrected chi connectivity index (χ4v) is 2.45. The van der Waals surface area contributed by atoms with Crippen LogP contribution in [0.1, 0.15) is 39.3 Å². The molecule has 100 valence electrons. The first-order valence-corrected chi connectivity index (χ1v) is 6.99. The highest BCUT2D eigenvalue weighted by atomic mass is 15.2. The molecule has 2 rings (SSSR count). The topological polar surface area (TPSA) is 41.1 Å². The second kappa shape index (κ2) is 6.14. The van der Waals surface area contributed by atoms with Gasteiger partial charge in [0.05, 0.1) is 18.1 Å². The van der Waals surface area contributed by atoms with Crippen LogP contribution in [0.3, 0.4) is 0 Å². The summed E-state index contributed by atoms with van der Waals surface area (Å²) in [5.74, 6) is 1.78. The molecule has 0 aliphatic carbocycles. The van der Waals surface area contributed by atoms with Crippen molar-refractivity contribution in [2.75, 3.05) is 18.0 Å². The van der Waals surface area contributed by atoms with Gasteiger partial charge in [-0.1, -0.05) is 13.8 Å². The Morgan fingerprint density at radius 1 is 1.28 bits per heavy atom. The van der Waals surface area contributed by atoms with Gasteiger partial charge >= 0.3 is 0 Å². The van der Waals surface area contributed by atoms with E-state index in [0.29, 0.717) is 6.04 Å². The maximum Gasteiger partial charge on any atom is 0.147 e. The minimum atomic E-state index is 0.579. The van der Waals surface area contributed by atoms with E-state index in [1.165, 1.54) is 12.8 Å². The number of hydrogen-bond donors (Lipinski definition) is 1. The molecule has 0 spiro atoms. The van der Waals surface area contributed by atoms with Crippen molar-refractivity contribution < 1.29 is 0 Å². The minimum absolute atomic E-state index is 0.579. The zero-order chi connectivity index (χ0) is 13.0. The summed E-state index contributed by atoms with van der Waals surface area (Å²) in [5, 5.41) is 3.26. The van der Waals surface area contributed by atoms with Gasteiger partial charge in [-0.05, 0) is 32.2 Å². The molecule has 0 saturated carbocycles. The molecule has 0 bridgehead atoms. The molecule has 1 saturated heterocycles. The van der Waals surface area contributed by atoms with Gasteiger partial charge in [-0.25, -0.2) is 4.98 Å². The summed E-state index contributed by atoms with van der Waals surface area (Å²) in [5.41, 5.74) is 1.01. The number of nitrogens with one attached hydrogen (secondary N) is 1. The molecule has 2 unspecified atom stereocenters. The Morgan fingerprint density at radius 2 is 2.11 bits per heavy atom. The molecule has 1 aromatic rings. The number of nitrogens with zero attached hydrogens (tertiary/aromatic N) is 3. The van der Waals surface area contributed by atoms with E-state index in [4.69, 9.17) is 0 Å². The van der Waals surface area contributed by atoms with Gasteiger partial charge < -0.3 is 10.2 Å². The van der Waals surface area contributed by atoms with Crippen LogP contribution >= 0.6 is 0 Å². The van der Waals surface area contributed by atoms with Crippen LogP contribution in [0.5, 0.6) is 0 Å². The zero-order valence-corrected chi connectivity index (χ0v) is 11.7. The SMILES string of the molecule is CCNCc1cnc(N2CC(C)CCC2C)cn1. The lowest BCUT2D eigenvalue weighted by Crippen LogP contribution is -2.41. The van der Waals surface area contributed by atoms with Crippen LogP contribution in [-0.2, 0) is 6.54 Å². The maximum absolute atomic E-state index is 4.56. The summed E-state index contributed by atoms with van der Waals surface area (Å²) < 4.78 is 0. The summed E-state index contributed by atoms with van der Waals surface area (Å²) in [4.78, 5) is 11.4. The third-order valence-electron chi connectivity index (χ3n) is 3.66. The molecule has 0 amide bonds. The Kier molecular flexibility index (Phi) is 4.53. The van der Waals surface area contributed by atoms with E-state index in [1.807, 2.05) is 12.4 Å². The molecule has 18 heavy (non-hydrogen) atoms. The average molecular weight is 248 g/mol. The van der Waals surface area contributed by atoms with Gasteiger partial charge in [0.1, 0.15) is 5.82 Å². The number of hydrogen-bond acceptors (Lipinski definition) is 4. The van der Waals surface area contributed by atoms with Crippen molar-refractivity contribution in [1.29, 1.82) is 0 Å². The van der Waals surface area contributed by atoms with E-state index in [2.05, 4.69) is 41.0 Å². The first kappa shape index (κ1) is 13.3. The van der Waals surface area contributed by atoms with E-state index < -0.39 is 0 Å². The molecular weight excluding hydrogens is 224 g/mol. The smallest absolute Gasteiger partial charge is 0.147 e. The van der Waals surface area contributed by atoms with Crippen LogP contribution in [-0.4, -0.2) is 29.1 Å². The molecule has 1 N–H and O–H groups in total. The Balaban J connectivity index is 2.03. The predicted octanol–water partition coefficient (Wildman–Crippen LogP) is 2.21. The van der Waals surface area contributed by atoms with Gasteiger partial charge in [0, 0.05) is 19.1 Å². The van der Waals surface area contributed by atoms with E-state index in [1.54, 1.807) is 0 Å². The fraction of sp³-hybridized carbons (Fsp3) is 0.714. The molecule has 1 aromatic heterocycles. The van der Waals surface area contributed by atoms with Gasteiger partial charge in [-0.3, -0.25) is 4.98 Å². The summed E-state index contributed by atoms with van der Waals surface area (Å²) >= 11 is 0. The summed E-state index contributed by atoms with van der Waals surface area (Å²) in [6.07, 6.45) is 6.39. The van der Waals surface area contributed by atoms with E-state index in [9.17, 15) is 0 Å². The van der Waals surface area contributed by atoms with Crippen molar-refractivity contribution in [2.45, 2.75) is 46.2 Å². The number of aromatic nitrogens is 2. The van der Waals surface area contributed by atoms with Gasteiger partial charge in [-0.15, -0.1) is 0 Å². The summed E-state index contributed by atoms with van der Waals surface area (Å²) in [6, 6.07) is 0.579. The molecule has 0 aromatic carbocycles. The maximum atomic E-state index is 4.56. The van der Waals surface area contributed by atoms with Gasteiger partial charge in [0.25, 0.3) is 0 Å². The van der Waals surface area contributed by atoms with Crippen molar-refractivity contribution in [3.05, 3.63) is 18.1 Å². The van der Waals surface area contributed by atoms with Crippen LogP contribution in [0.2, 0.25) is 0 Å². The Labute approximate surface area is 110 Å². The van der Waals surface area contributed by atoms with Gasteiger partial charge in [0.2, 0.25) is 0 Å². The fourth-order valence-electron chi connectivity index (χ4n) is 2.45. The lowest BCUT2D eigenvalue weighted by Gasteiger charge is -2.37. The number of rotatable bonds is 4. The normalized spacial score (nSPS) is 24.3. The Hall–Kier alpha value is -1.16. The molecule has 1 aliphatic rings. The summed E-state index contributed by atoms with van der Waals surface area (Å²) in [6.45, 7) is 9.55. The third-order valence-corrected chi connectivity index (χ3v) is 3.66. The average Bonchev–Trinajstić information content (AvgIpc) is 2.40. The Bertz CT molecular complexity index is 363. The summed E-state index contributed by atoms with van der Waals surface area (Å²) in [7, 11) is 0. The van der Waals surface area contributed by atoms with Crippen LogP contribution in [0.25, 0.3) is 0 Å². The molecule has 4 nitrogen and oxygen atoms in total. The standard InChI is InChI=1S/C14H24N4/c1-4-15-7-13-8-17-14(9-16-13)18-10-11(2)5-6-12(18)3/h8-9,11-12,15H,4-7,10H2,1-3H3. The molecule has 1 aliphatic heterocycles. The lowest BCUT2D eigenvalue weighted by atomic mass is 9.95. The molecule has 2 atom stereocenters. The predicted molar refractivity (Wildman–Crippen MR) is 74.6 cm³/mol. The van der Waals surface area contributed by atoms with Crippen molar-refractivity contribution in [3.63, 3.8) is 0 Å². The van der Waals surface area contributed by atoms with Gasteiger partial charge in [-0.2, -0.15) is 0 Å². The van der Waals surface area contributed by atoms with Gasteiger partial charge in [0.15, 0.2) is 0 Å². The second-order valence-corrected chi connectivity index (χ2v) is 5.33. The van der Waals surface area contributed by atoms with E-state index >= 15 is 0 Å². The van der Waals surface area contributed by atoms with E-state index in [-0.39, 0.29) is 0 Å². The van der Waals surface area contributed by atoms with E-state index in [0.717, 1.165) is 37.1 Å². The highest BCUT2D eigenvalue weighted by molar-refractivity contribution is 5.38. The first-order chi connectivity index (χ1) is 8.70. The molecule has 4 heteroatoms. The number of piperidine rings is 1. The largest absolute Gasteiger partial charge is 0.352 e. The van der Waals surface area contributed by atoms with Crippen LogP contribution in [0.15, 0.2) is 12.4 Å². The first-order valence-electron chi connectivity index (χ1n) is 6.99. The highest BCUT2D eigenvalue weighted by Crippen LogP contribution is 2.25. The molecule has 1 fully saturated rings. The zero-order valence-electron chi connectivity index (χ0n) is 11.7. The third kappa shape index (κ3) is 3.19. The van der Waals surface area contributed by atoms with Crippen molar-refractivity contribution >= 4 is 5.82 Å². The Morgan fingerprint density at radius 3 is 2.78 bits per heavy atom. The van der Waals surface area contributed by atoms with Crippen LogP contribution < -0.4 is 10.2 Å².